The van der Waals surface area contributed by atoms with Gasteiger partial charge in [-0.25, -0.2) is 4.98 Å². The summed E-state index contributed by atoms with van der Waals surface area (Å²) in [4.78, 5) is 30.3. The summed E-state index contributed by atoms with van der Waals surface area (Å²) in [6.07, 6.45) is 2.95. The lowest BCUT2D eigenvalue weighted by Crippen LogP contribution is -2.46. The van der Waals surface area contributed by atoms with E-state index in [-0.39, 0.29) is 11.1 Å². The Morgan fingerprint density at radius 1 is 1.41 bits per heavy atom. The number of amides is 1. The van der Waals surface area contributed by atoms with Gasteiger partial charge in [0.2, 0.25) is 0 Å². The molecule has 1 amide bonds. The number of nitrogens with one attached hydrogen (secondary N) is 1. The molecule has 1 atom stereocenters. The Morgan fingerprint density at radius 2 is 2.22 bits per heavy atom. The molecule has 1 unspecified atom stereocenters. The van der Waals surface area contributed by atoms with E-state index in [9.17, 15) is 9.59 Å². The van der Waals surface area contributed by atoms with E-state index in [0.29, 0.717) is 18.1 Å². The van der Waals surface area contributed by atoms with Crippen LogP contribution in [-0.4, -0.2) is 28.4 Å². The molecule has 140 valence electrons. The first-order valence-corrected chi connectivity index (χ1v) is 9.90. The normalized spacial score (nSPS) is 19.0. The van der Waals surface area contributed by atoms with Crippen LogP contribution >= 0.6 is 11.3 Å². The number of hydrogen-bond acceptors (Lipinski definition) is 5. The van der Waals surface area contributed by atoms with Gasteiger partial charge in [0.15, 0.2) is 4.96 Å². The van der Waals surface area contributed by atoms with Crippen LogP contribution in [0.15, 0.2) is 40.6 Å². The minimum absolute atomic E-state index is 0.0457. The zero-order valence-corrected chi connectivity index (χ0v) is 16.1. The first-order chi connectivity index (χ1) is 13.1. The van der Waals surface area contributed by atoms with Gasteiger partial charge in [0.05, 0.1) is 13.2 Å². The zero-order chi connectivity index (χ0) is 19.0. The maximum Gasteiger partial charge on any atom is 0.271 e. The second kappa shape index (κ2) is 6.90. The number of carbonyl (C=O) groups excluding carboxylic acids is 1. The van der Waals surface area contributed by atoms with Crippen molar-refractivity contribution in [3.63, 3.8) is 0 Å². The second-order valence-corrected chi connectivity index (χ2v) is 7.59. The maximum atomic E-state index is 12.7. The Kier molecular flexibility index (Phi) is 4.57. The van der Waals surface area contributed by atoms with Gasteiger partial charge < -0.3 is 10.1 Å². The highest BCUT2D eigenvalue weighted by Gasteiger charge is 2.36. The van der Waals surface area contributed by atoms with Crippen molar-refractivity contribution in [1.82, 2.24) is 14.7 Å². The van der Waals surface area contributed by atoms with Crippen molar-refractivity contribution in [1.29, 1.82) is 0 Å². The first kappa shape index (κ1) is 17.9. The van der Waals surface area contributed by atoms with Gasteiger partial charge in [-0.15, -0.1) is 11.3 Å². The van der Waals surface area contributed by atoms with E-state index >= 15 is 0 Å². The third kappa shape index (κ3) is 2.96. The van der Waals surface area contributed by atoms with E-state index in [2.05, 4.69) is 22.4 Å². The second-order valence-electron chi connectivity index (χ2n) is 6.76. The lowest BCUT2D eigenvalue weighted by molar-refractivity contribution is -0.0606. The van der Waals surface area contributed by atoms with Crippen molar-refractivity contribution in [2.24, 2.45) is 0 Å². The summed E-state index contributed by atoms with van der Waals surface area (Å²) in [7, 11) is 0. The third-order valence-corrected chi connectivity index (χ3v) is 6.18. The van der Waals surface area contributed by atoms with Crippen molar-refractivity contribution >= 4 is 22.2 Å². The molecular formula is C20H21N3O3S. The van der Waals surface area contributed by atoms with E-state index < -0.39 is 11.5 Å². The molecule has 0 spiro atoms. The largest absolute Gasteiger partial charge is 0.368 e. The summed E-state index contributed by atoms with van der Waals surface area (Å²) in [5, 5.41) is 4.76. The van der Waals surface area contributed by atoms with Crippen LogP contribution in [0.5, 0.6) is 0 Å². The Morgan fingerprint density at radius 3 is 3.04 bits per heavy atom. The smallest absolute Gasteiger partial charge is 0.271 e. The highest BCUT2D eigenvalue weighted by atomic mass is 32.1. The topological polar surface area (TPSA) is 72.7 Å². The monoisotopic (exact) mass is 383 g/mol. The minimum Gasteiger partial charge on any atom is -0.368 e. The van der Waals surface area contributed by atoms with Gasteiger partial charge >= 0.3 is 0 Å². The van der Waals surface area contributed by atoms with Gasteiger partial charge in [-0.2, -0.15) is 0 Å². The predicted molar refractivity (Wildman–Crippen MR) is 104 cm³/mol. The summed E-state index contributed by atoms with van der Waals surface area (Å²) in [6.45, 7) is 4.80. The lowest BCUT2D eigenvalue weighted by atomic mass is 9.84. The van der Waals surface area contributed by atoms with Crippen LogP contribution in [0.3, 0.4) is 0 Å². The standard InChI is InChI=1S/C20H21N3O3S/c1-3-20(16-7-5-4-6-14(16)8-9-26-20)12-22-17(24)15-10-21-19-23(18(15)25)13(2)11-27-19/h4-7,10-11H,3,8-9,12H2,1-2H3,(H,22,24). The predicted octanol–water partition coefficient (Wildman–Crippen LogP) is 2.67. The molecule has 0 bridgehead atoms. The van der Waals surface area contributed by atoms with Crippen LogP contribution in [0.1, 0.15) is 40.5 Å². The van der Waals surface area contributed by atoms with Crippen LogP contribution < -0.4 is 10.9 Å². The molecule has 0 radical (unpaired) electrons. The molecular weight excluding hydrogens is 362 g/mol. The summed E-state index contributed by atoms with van der Waals surface area (Å²) < 4.78 is 7.60. The summed E-state index contributed by atoms with van der Waals surface area (Å²) in [5.74, 6) is -0.424. The Balaban J connectivity index is 1.62. The van der Waals surface area contributed by atoms with E-state index in [1.54, 1.807) is 0 Å². The molecule has 0 saturated heterocycles. The van der Waals surface area contributed by atoms with Crippen molar-refractivity contribution in [3.05, 3.63) is 68.6 Å². The Labute approximate surface area is 160 Å². The molecule has 7 heteroatoms. The molecule has 0 saturated carbocycles. The average molecular weight is 383 g/mol. The van der Waals surface area contributed by atoms with E-state index in [0.717, 1.165) is 24.1 Å². The number of rotatable bonds is 4. The number of fused-ring (bicyclic) bond motifs is 2. The molecule has 6 nitrogen and oxygen atoms in total. The van der Waals surface area contributed by atoms with Gasteiger partial charge in [0.25, 0.3) is 11.5 Å². The third-order valence-electron chi connectivity index (χ3n) is 5.22. The lowest BCUT2D eigenvalue weighted by Gasteiger charge is -2.38. The number of hydrogen-bond donors (Lipinski definition) is 1. The average Bonchev–Trinajstić information content (AvgIpc) is 3.08. The van der Waals surface area contributed by atoms with Crippen LogP contribution in [-0.2, 0) is 16.8 Å². The number of thiazole rings is 1. The van der Waals surface area contributed by atoms with Crippen molar-refractivity contribution in [2.45, 2.75) is 32.3 Å². The molecule has 27 heavy (non-hydrogen) atoms. The molecule has 2 aromatic heterocycles. The van der Waals surface area contributed by atoms with Crippen LogP contribution in [0, 0.1) is 6.92 Å². The van der Waals surface area contributed by atoms with Crippen LogP contribution in [0.25, 0.3) is 4.96 Å². The maximum absolute atomic E-state index is 12.7. The minimum atomic E-state index is -0.573. The fraction of sp³-hybridized carbons (Fsp3) is 0.350. The van der Waals surface area contributed by atoms with Crippen molar-refractivity contribution in [3.8, 4) is 0 Å². The number of benzene rings is 1. The highest BCUT2D eigenvalue weighted by molar-refractivity contribution is 7.15. The summed E-state index contributed by atoms with van der Waals surface area (Å²) in [5.41, 5.74) is 2.26. The Bertz CT molecular complexity index is 1070. The number of ether oxygens (including phenoxy) is 1. The first-order valence-electron chi connectivity index (χ1n) is 9.02. The zero-order valence-electron chi connectivity index (χ0n) is 15.3. The molecule has 0 fully saturated rings. The van der Waals surface area contributed by atoms with Gasteiger partial charge in [0, 0.05) is 17.3 Å². The number of aryl methyl sites for hydroxylation is 1. The number of nitrogens with zero attached hydrogens (tertiary/aromatic N) is 2. The van der Waals surface area contributed by atoms with Crippen molar-refractivity contribution < 1.29 is 9.53 Å². The molecule has 1 aromatic carbocycles. The van der Waals surface area contributed by atoms with E-state index in [4.69, 9.17) is 4.74 Å². The van der Waals surface area contributed by atoms with E-state index in [1.807, 2.05) is 31.4 Å². The van der Waals surface area contributed by atoms with Gasteiger partial charge in [-0.1, -0.05) is 31.2 Å². The van der Waals surface area contributed by atoms with Gasteiger partial charge in [-0.05, 0) is 30.9 Å². The molecule has 3 heterocycles. The fourth-order valence-electron chi connectivity index (χ4n) is 3.68. The van der Waals surface area contributed by atoms with E-state index in [1.165, 1.54) is 27.5 Å². The fourth-order valence-corrected chi connectivity index (χ4v) is 4.51. The quantitative estimate of drug-likeness (QED) is 0.752. The molecule has 1 N–H and O–H groups in total. The van der Waals surface area contributed by atoms with Gasteiger partial charge in [0.1, 0.15) is 11.2 Å². The number of carbonyl (C=O) groups is 1. The Hall–Kier alpha value is -2.51. The van der Waals surface area contributed by atoms with Crippen LogP contribution in [0.2, 0.25) is 0 Å². The van der Waals surface area contributed by atoms with Crippen LogP contribution in [0.4, 0.5) is 0 Å². The molecule has 0 aliphatic carbocycles. The highest BCUT2D eigenvalue weighted by Crippen LogP contribution is 2.35. The summed E-state index contributed by atoms with van der Waals surface area (Å²) >= 11 is 1.38. The molecule has 4 rings (SSSR count). The van der Waals surface area contributed by atoms with Crippen molar-refractivity contribution in [2.75, 3.05) is 13.2 Å². The SMILES string of the molecule is CCC1(CNC(=O)c2cnc3scc(C)n3c2=O)OCCc2ccccc21. The van der Waals surface area contributed by atoms with Gasteiger partial charge in [-0.3, -0.25) is 14.0 Å². The molecule has 1 aliphatic heterocycles. The molecule has 3 aromatic rings. The summed E-state index contributed by atoms with van der Waals surface area (Å²) in [6, 6.07) is 8.17. The molecule has 1 aliphatic rings. The number of aromatic nitrogens is 2.